The van der Waals surface area contributed by atoms with Gasteiger partial charge in [0.25, 0.3) is 6.43 Å². The molecule has 0 unspecified atom stereocenters. The van der Waals surface area contributed by atoms with E-state index in [-0.39, 0.29) is 22.6 Å². The van der Waals surface area contributed by atoms with E-state index in [0.717, 1.165) is 24.2 Å². The van der Waals surface area contributed by atoms with E-state index in [0.29, 0.717) is 30.0 Å². The Balaban J connectivity index is 1.66. The molecule has 0 bridgehead atoms. The van der Waals surface area contributed by atoms with E-state index < -0.39 is 33.1 Å². The van der Waals surface area contributed by atoms with Gasteiger partial charge in [-0.2, -0.15) is 0 Å². The number of morpholine rings is 1. The van der Waals surface area contributed by atoms with Crippen molar-refractivity contribution in [3.63, 3.8) is 0 Å². The summed E-state index contributed by atoms with van der Waals surface area (Å²) in [5, 5.41) is 17.0. The lowest BCUT2D eigenvalue weighted by Crippen LogP contribution is -2.48. The van der Waals surface area contributed by atoms with E-state index in [1.165, 1.54) is 6.20 Å². The Morgan fingerprint density at radius 3 is 2.74 bits per heavy atom. The summed E-state index contributed by atoms with van der Waals surface area (Å²) < 4.78 is 63.0. The molecule has 0 aromatic carbocycles. The van der Waals surface area contributed by atoms with Crippen molar-refractivity contribution in [2.45, 2.75) is 55.8 Å². The molecule has 5 rings (SSSR count). The normalized spacial score (nSPS) is 22.6. The fourth-order valence-electron chi connectivity index (χ4n) is 4.19. The summed E-state index contributed by atoms with van der Waals surface area (Å²) in [6, 6.07) is 5.13. The highest BCUT2D eigenvalue weighted by Crippen LogP contribution is 2.38. The standard InChI is InChI=1S/C21H25F2N5O4S2/c1-12-8-27(9-13(11-29)32-12)17-7-14(34(30,31)26-21(2)5-6-21)10-28-15(17)3-4-16(28)19-24-25-20(33-19)18(22)23/h3-4,7,10,12-13,18,26,29H,5-6,8-9,11H2,1-2H3/t12-,13+/m0/s1. The molecule has 13 heteroatoms. The minimum Gasteiger partial charge on any atom is -0.394 e. The van der Waals surface area contributed by atoms with Crippen molar-refractivity contribution < 1.29 is 27.0 Å². The molecule has 9 nitrogen and oxygen atoms in total. The van der Waals surface area contributed by atoms with Gasteiger partial charge in [-0.1, -0.05) is 11.3 Å². The monoisotopic (exact) mass is 513 g/mol. The summed E-state index contributed by atoms with van der Waals surface area (Å²) >= 11 is 0.768. The third kappa shape index (κ3) is 4.42. The number of nitrogens with one attached hydrogen (secondary N) is 1. The Morgan fingerprint density at radius 1 is 1.32 bits per heavy atom. The maximum atomic E-state index is 13.3. The molecule has 4 heterocycles. The smallest absolute Gasteiger partial charge is 0.291 e. The van der Waals surface area contributed by atoms with Crippen LogP contribution in [0.3, 0.4) is 0 Å². The number of alkyl halides is 2. The van der Waals surface area contributed by atoms with Gasteiger partial charge in [0, 0.05) is 24.8 Å². The number of aliphatic hydroxyl groups excluding tert-OH is 1. The van der Waals surface area contributed by atoms with Gasteiger partial charge < -0.3 is 19.1 Å². The topological polar surface area (TPSA) is 109 Å². The number of aliphatic hydroxyl groups is 1. The molecule has 3 aromatic heterocycles. The summed E-state index contributed by atoms with van der Waals surface area (Å²) in [6.07, 6.45) is -0.330. The lowest BCUT2D eigenvalue weighted by molar-refractivity contribution is -0.0420. The molecule has 1 aliphatic heterocycles. The molecule has 0 radical (unpaired) electrons. The molecule has 0 spiro atoms. The molecule has 1 saturated carbocycles. The number of anilines is 1. The average molecular weight is 514 g/mol. The van der Waals surface area contributed by atoms with E-state index in [9.17, 15) is 22.3 Å². The zero-order valence-electron chi connectivity index (χ0n) is 18.6. The maximum absolute atomic E-state index is 13.3. The largest absolute Gasteiger partial charge is 0.394 e. The maximum Gasteiger partial charge on any atom is 0.291 e. The van der Waals surface area contributed by atoms with Crippen molar-refractivity contribution in [1.29, 1.82) is 0 Å². The highest BCUT2D eigenvalue weighted by atomic mass is 32.2. The van der Waals surface area contributed by atoms with Gasteiger partial charge >= 0.3 is 0 Å². The first kappa shape index (κ1) is 23.5. The Morgan fingerprint density at radius 2 is 2.09 bits per heavy atom. The van der Waals surface area contributed by atoms with Crippen LogP contribution in [0, 0.1) is 0 Å². The molecule has 2 atom stereocenters. The molecule has 1 saturated heterocycles. The quantitative estimate of drug-likeness (QED) is 0.500. The minimum absolute atomic E-state index is 0.0545. The van der Waals surface area contributed by atoms with Crippen LogP contribution in [0.25, 0.3) is 16.2 Å². The number of nitrogens with zero attached hydrogens (tertiary/aromatic N) is 4. The van der Waals surface area contributed by atoms with E-state index >= 15 is 0 Å². The van der Waals surface area contributed by atoms with Crippen LogP contribution in [0.2, 0.25) is 0 Å². The van der Waals surface area contributed by atoms with Gasteiger partial charge in [-0.25, -0.2) is 21.9 Å². The van der Waals surface area contributed by atoms with Crippen molar-refractivity contribution in [3.8, 4) is 10.7 Å². The fraction of sp³-hybridized carbons (Fsp3) is 0.524. The molecule has 34 heavy (non-hydrogen) atoms. The Bertz CT molecular complexity index is 1320. The number of ether oxygens (including phenoxy) is 1. The highest BCUT2D eigenvalue weighted by molar-refractivity contribution is 7.89. The van der Waals surface area contributed by atoms with E-state index in [4.69, 9.17) is 4.74 Å². The number of fused-ring (bicyclic) bond motifs is 1. The number of sulfonamides is 1. The van der Waals surface area contributed by atoms with Crippen molar-refractivity contribution in [2.75, 3.05) is 24.6 Å². The summed E-state index contributed by atoms with van der Waals surface area (Å²) in [7, 11) is -3.86. The molecule has 3 aromatic rings. The second-order valence-corrected chi connectivity index (χ2v) is 11.8. The van der Waals surface area contributed by atoms with Gasteiger partial charge in [0.1, 0.15) is 4.90 Å². The molecular weight excluding hydrogens is 488 g/mol. The van der Waals surface area contributed by atoms with Gasteiger partial charge in [-0.05, 0) is 44.9 Å². The first-order valence-electron chi connectivity index (χ1n) is 10.9. The number of hydrogen-bond acceptors (Lipinski definition) is 8. The lowest BCUT2D eigenvalue weighted by Gasteiger charge is -2.38. The first-order chi connectivity index (χ1) is 16.1. The lowest BCUT2D eigenvalue weighted by atomic mass is 10.2. The van der Waals surface area contributed by atoms with Crippen molar-refractivity contribution in [2.24, 2.45) is 0 Å². The molecule has 2 aliphatic rings. The SMILES string of the molecule is C[C@H]1CN(c2cc(S(=O)(=O)NC3(C)CC3)cn3c(-c4nnc(C(F)F)s4)ccc23)C[C@H](CO)O1. The molecule has 0 amide bonds. The van der Waals surface area contributed by atoms with Gasteiger partial charge in [0.15, 0.2) is 10.0 Å². The average Bonchev–Trinajstić information content (AvgIpc) is 3.18. The van der Waals surface area contributed by atoms with Crippen molar-refractivity contribution >= 4 is 32.6 Å². The van der Waals surface area contributed by atoms with E-state index in [1.807, 2.05) is 18.7 Å². The minimum atomic E-state index is -3.86. The summed E-state index contributed by atoms with van der Waals surface area (Å²) in [5.41, 5.74) is 1.33. The molecule has 2 N–H and O–H groups in total. The van der Waals surface area contributed by atoms with Crippen molar-refractivity contribution in [1.82, 2.24) is 19.3 Å². The van der Waals surface area contributed by atoms with Gasteiger partial charge in [0.05, 0.1) is 35.7 Å². The highest BCUT2D eigenvalue weighted by Gasteiger charge is 2.41. The second-order valence-electron chi connectivity index (χ2n) is 9.10. The second kappa shape index (κ2) is 8.48. The van der Waals surface area contributed by atoms with Crippen LogP contribution >= 0.6 is 11.3 Å². The Hall–Kier alpha value is -2.19. The summed E-state index contributed by atoms with van der Waals surface area (Å²) in [5.74, 6) is 0. The molecule has 2 fully saturated rings. The third-order valence-corrected chi connectivity index (χ3v) is 8.68. The van der Waals surface area contributed by atoms with Gasteiger partial charge in [-0.3, -0.25) is 0 Å². The van der Waals surface area contributed by atoms with E-state index in [1.54, 1.807) is 22.6 Å². The Labute approximate surface area is 199 Å². The van der Waals surface area contributed by atoms with Crippen LogP contribution in [0.5, 0.6) is 0 Å². The number of hydrogen-bond donors (Lipinski definition) is 2. The van der Waals surface area contributed by atoms with Crippen LogP contribution in [0.1, 0.15) is 38.1 Å². The van der Waals surface area contributed by atoms with Gasteiger partial charge in [-0.15, -0.1) is 10.2 Å². The zero-order valence-corrected chi connectivity index (χ0v) is 20.2. The van der Waals surface area contributed by atoms with Gasteiger partial charge in [0.2, 0.25) is 10.0 Å². The predicted molar refractivity (Wildman–Crippen MR) is 123 cm³/mol. The van der Waals surface area contributed by atoms with Crippen LogP contribution in [-0.4, -0.2) is 65.6 Å². The number of rotatable bonds is 7. The molecular formula is C21H25F2N5O4S2. The van der Waals surface area contributed by atoms with Crippen molar-refractivity contribution in [3.05, 3.63) is 29.4 Å². The fourth-order valence-corrected chi connectivity index (χ4v) is 6.39. The Kier molecular flexibility index (Phi) is 5.88. The van der Waals surface area contributed by atoms with E-state index in [2.05, 4.69) is 14.9 Å². The number of aromatic nitrogens is 3. The molecule has 1 aliphatic carbocycles. The van der Waals surface area contributed by atoms with Crippen LogP contribution < -0.4 is 9.62 Å². The van der Waals surface area contributed by atoms with Crippen LogP contribution in [0.15, 0.2) is 29.3 Å². The number of pyridine rings is 1. The first-order valence-corrected chi connectivity index (χ1v) is 13.2. The summed E-state index contributed by atoms with van der Waals surface area (Å²) in [6.45, 7) is 4.45. The number of halogens is 2. The van der Waals surface area contributed by atoms with Crippen LogP contribution in [0.4, 0.5) is 14.5 Å². The predicted octanol–water partition coefficient (Wildman–Crippen LogP) is 2.81. The summed E-state index contributed by atoms with van der Waals surface area (Å²) in [4.78, 5) is 2.04. The third-order valence-electron chi connectivity index (χ3n) is 6.12. The molecule has 184 valence electrons. The zero-order chi connectivity index (χ0) is 24.3. The van der Waals surface area contributed by atoms with Crippen LogP contribution in [-0.2, 0) is 14.8 Å².